The fourth-order valence-electron chi connectivity index (χ4n) is 2.77. The predicted octanol–water partition coefficient (Wildman–Crippen LogP) is 3.73. The lowest BCUT2D eigenvalue weighted by Crippen LogP contribution is -2.28. The van der Waals surface area contributed by atoms with Crippen molar-refractivity contribution in [3.8, 4) is 11.1 Å². The van der Waals surface area contributed by atoms with Gasteiger partial charge < -0.3 is 15.4 Å². The number of anilines is 1. The number of carbonyl (C=O) groups excluding carboxylic acids is 1. The van der Waals surface area contributed by atoms with Crippen molar-refractivity contribution < 1.29 is 9.53 Å². The van der Waals surface area contributed by atoms with Crippen molar-refractivity contribution >= 4 is 39.6 Å². The van der Waals surface area contributed by atoms with E-state index in [1.165, 1.54) is 18.4 Å². The van der Waals surface area contributed by atoms with Gasteiger partial charge in [-0.15, -0.1) is 11.3 Å². The molecule has 0 saturated carbocycles. The summed E-state index contributed by atoms with van der Waals surface area (Å²) in [6, 6.07) is 9.79. The van der Waals surface area contributed by atoms with E-state index >= 15 is 0 Å². The van der Waals surface area contributed by atoms with Crippen LogP contribution >= 0.6 is 23.6 Å². The lowest BCUT2D eigenvalue weighted by atomic mass is 10.0. The van der Waals surface area contributed by atoms with Gasteiger partial charge in [0.05, 0.1) is 13.3 Å². The average Bonchev–Trinajstić information content (AvgIpc) is 3.22. The summed E-state index contributed by atoms with van der Waals surface area (Å²) in [5.74, 6) is -0.393. The van der Waals surface area contributed by atoms with E-state index in [0.29, 0.717) is 22.2 Å². The second kappa shape index (κ2) is 8.32. The van der Waals surface area contributed by atoms with Gasteiger partial charge in [-0.05, 0) is 24.7 Å². The van der Waals surface area contributed by atoms with Gasteiger partial charge in [0.1, 0.15) is 10.6 Å². The van der Waals surface area contributed by atoms with Crippen molar-refractivity contribution in [3.63, 3.8) is 0 Å². The van der Waals surface area contributed by atoms with E-state index in [0.717, 1.165) is 21.6 Å². The molecule has 2 N–H and O–H groups in total. The molecule has 0 bridgehead atoms. The Morgan fingerprint density at radius 1 is 1.33 bits per heavy atom. The fourth-order valence-corrected chi connectivity index (χ4v) is 4.08. The molecule has 1 aromatic carbocycles. The van der Waals surface area contributed by atoms with Gasteiger partial charge in [0.25, 0.3) is 0 Å². The molecule has 2 aromatic heterocycles. The second-order valence-electron chi connectivity index (χ2n) is 5.92. The van der Waals surface area contributed by atoms with Crippen LogP contribution in [0, 0.1) is 6.92 Å². The zero-order chi connectivity index (χ0) is 19.4. The first-order valence-corrected chi connectivity index (χ1v) is 9.51. The van der Waals surface area contributed by atoms with Crippen molar-refractivity contribution in [2.24, 2.45) is 7.05 Å². The third-order valence-electron chi connectivity index (χ3n) is 3.97. The SMILES string of the molecule is COC(=O)c1c(NC(=S)NCc2cnn(C)c2)sc(C)c1-c1ccccc1. The molecule has 2 heterocycles. The number of thiophene rings is 1. The third kappa shape index (κ3) is 4.35. The molecular formula is C19H20N4O2S2. The Hall–Kier alpha value is -2.71. The zero-order valence-corrected chi connectivity index (χ0v) is 16.9. The van der Waals surface area contributed by atoms with E-state index in [9.17, 15) is 4.79 Å². The van der Waals surface area contributed by atoms with E-state index < -0.39 is 5.97 Å². The molecule has 0 aliphatic carbocycles. The highest BCUT2D eigenvalue weighted by Crippen LogP contribution is 2.40. The van der Waals surface area contributed by atoms with Gasteiger partial charge in [0.2, 0.25) is 0 Å². The maximum Gasteiger partial charge on any atom is 0.341 e. The van der Waals surface area contributed by atoms with Gasteiger partial charge >= 0.3 is 5.97 Å². The molecule has 140 valence electrons. The molecule has 0 atom stereocenters. The number of hydrogen-bond donors (Lipinski definition) is 2. The number of carbonyl (C=O) groups is 1. The fraction of sp³-hybridized carbons (Fsp3) is 0.211. The molecule has 0 fully saturated rings. The van der Waals surface area contributed by atoms with Crippen molar-refractivity contribution in [1.82, 2.24) is 15.1 Å². The van der Waals surface area contributed by atoms with Crippen molar-refractivity contribution in [3.05, 3.63) is 58.7 Å². The summed E-state index contributed by atoms with van der Waals surface area (Å²) in [6.07, 6.45) is 3.69. The number of thiocarbonyl (C=S) groups is 1. The Morgan fingerprint density at radius 2 is 2.07 bits per heavy atom. The van der Waals surface area contributed by atoms with Crippen LogP contribution in [-0.2, 0) is 18.3 Å². The van der Waals surface area contributed by atoms with Crippen LogP contribution in [0.2, 0.25) is 0 Å². The molecule has 0 radical (unpaired) electrons. The smallest absolute Gasteiger partial charge is 0.341 e. The number of methoxy groups -OCH3 is 1. The summed E-state index contributed by atoms with van der Waals surface area (Å²) in [6.45, 7) is 2.53. The first kappa shape index (κ1) is 19.1. The number of nitrogens with zero attached hydrogens (tertiary/aromatic N) is 2. The Kier molecular flexibility index (Phi) is 5.88. The van der Waals surface area contributed by atoms with E-state index in [-0.39, 0.29) is 0 Å². The average molecular weight is 401 g/mol. The minimum Gasteiger partial charge on any atom is -0.465 e. The second-order valence-corrected chi connectivity index (χ2v) is 7.56. The molecule has 0 amide bonds. The summed E-state index contributed by atoms with van der Waals surface area (Å²) < 4.78 is 6.75. The molecule has 0 aliphatic heterocycles. The molecule has 8 heteroatoms. The van der Waals surface area contributed by atoms with Gasteiger partial charge in [-0.2, -0.15) is 5.10 Å². The first-order chi connectivity index (χ1) is 13.0. The molecule has 0 aliphatic rings. The van der Waals surface area contributed by atoms with Gasteiger partial charge in [0.15, 0.2) is 5.11 Å². The van der Waals surface area contributed by atoms with Gasteiger partial charge in [-0.1, -0.05) is 30.3 Å². The van der Waals surface area contributed by atoms with Crippen LogP contribution in [0.5, 0.6) is 0 Å². The molecule has 0 saturated heterocycles. The highest BCUT2D eigenvalue weighted by atomic mass is 32.1. The van der Waals surface area contributed by atoms with Crippen molar-refractivity contribution in [2.75, 3.05) is 12.4 Å². The zero-order valence-electron chi connectivity index (χ0n) is 15.3. The molecule has 3 aromatic rings. The Balaban J connectivity index is 1.84. The number of nitrogens with one attached hydrogen (secondary N) is 2. The maximum absolute atomic E-state index is 12.5. The number of ether oxygens (including phenoxy) is 1. The Labute approximate surface area is 167 Å². The van der Waals surface area contributed by atoms with Crippen LogP contribution in [0.3, 0.4) is 0 Å². The van der Waals surface area contributed by atoms with Crippen molar-refractivity contribution in [1.29, 1.82) is 0 Å². The summed E-state index contributed by atoms with van der Waals surface area (Å²) >= 11 is 6.88. The molecule has 3 rings (SSSR count). The first-order valence-electron chi connectivity index (χ1n) is 8.29. The van der Waals surface area contributed by atoms with Gasteiger partial charge in [0, 0.05) is 35.8 Å². The topological polar surface area (TPSA) is 68.2 Å². The van der Waals surface area contributed by atoms with Crippen molar-refractivity contribution in [2.45, 2.75) is 13.5 Å². The number of aromatic nitrogens is 2. The van der Waals surface area contributed by atoms with Crippen LogP contribution in [0.1, 0.15) is 20.8 Å². The largest absolute Gasteiger partial charge is 0.465 e. The standard InChI is InChI=1S/C19H20N4O2S2/c1-12-15(14-7-5-4-6-8-14)16(18(24)25-3)17(27-12)22-19(26)20-9-13-10-21-23(2)11-13/h4-8,10-11H,9H2,1-3H3,(H2,20,22,26). The summed E-state index contributed by atoms with van der Waals surface area (Å²) in [5.41, 5.74) is 3.35. The highest BCUT2D eigenvalue weighted by Gasteiger charge is 2.24. The number of aryl methyl sites for hydroxylation is 2. The Morgan fingerprint density at radius 3 is 2.70 bits per heavy atom. The van der Waals surface area contributed by atoms with E-state index in [4.69, 9.17) is 17.0 Å². The number of rotatable bonds is 5. The number of hydrogen-bond acceptors (Lipinski definition) is 5. The minimum absolute atomic E-state index is 0.393. The van der Waals surface area contributed by atoms with Gasteiger partial charge in [-0.3, -0.25) is 4.68 Å². The number of benzene rings is 1. The lowest BCUT2D eigenvalue weighted by molar-refractivity contribution is 0.0603. The monoisotopic (exact) mass is 400 g/mol. The summed E-state index contributed by atoms with van der Waals surface area (Å²) in [4.78, 5) is 13.5. The van der Waals surface area contributed by atoms with Crippen LogP contribution < -0.4 is 10.6 Å². The van der Waals surface area contributed by atoms with Crippen LogP contribution in [-0.4, -0.2) is 28.0 Å². The van der Waals surface area contributed by atoms with Gasteiger partial charge in [-0.25, -0.2) is 4.79 Å². The lowest BCUT2D eigenvalue weighted by Gasteiger charge is -2.11. The maximum atomic E-state index is 12.5. The van der Waals surface area contributed by atoms with Crippen LogP contribution in [0.25, 0.3) is 11.1 Å². The van der Waals surface area contributed by atoms with E-state index in [1.807, 2.05) is 50.5 Å². The quantitative estimate of drug-likeness (QED) is 0.502. The Bertz CT molecular complexity index is 964. The van der Waals surface area contributed by atoms with Crippen LogP contribution in [0.15, 0.2) is 42.7 Å². The van der Waals surface area contributed by atoms with E-state index in [1.54, 1.807) is 10.9 Å². The molecule has 0 spiro atoms. The minimum atomic E-state index is -0.393. The number of esters is 1. The predicted molar refractivity (Wildman–Crippen MR) is 112 cm³/mol. The highest BCUT2D eigenvalue weighted by molar-refractivity contribution is 7.80. The third-order valence-corrected chi connectivity index (χ3v) is 5.24. The van der Waals surface area contributed by atoms with Crippen LogP contribution in [0.4, 0.5) is 5.00 Å². The molecule has 0 unspecified atom stereocenters. The summed E-state index contributed by atoms with van der Waals surface area (Å²) in [7, 11) is 3.25. The molecule has 27 heavy (non-hydrogen) atoms. The summed E-state index contributed by atoms with van der Waals surface area (Å²) in [5, 5.41) is 11.5. The normalized spacial score (nSPS) is 10.5. The molecule has 6 nitrogen and oxygen atoms in total. The van der Waals surface area contributed by atoms with E-state index in [2.05, 4.69) is 15.7 Å². The molecular weight excluding hydrogens is 380 g/mol.